The number of aryl methyl sites for hydroxylation is 2. The van der Waals surface area contributed by atoms with E-state index in [1.807, 2.05) is 0 Å². The molecule has 1 aromatic heterocycles. The van der Waals surface area contributed by atoms with Crippen molar-refractivity contribution in [1.82, 2.24) is 23.7 Å². The molecule has 0 bridgehead atoms. The number of aromatic nitrogens is 2. The summed E-state index contributed by atoms with van der Waals surface area (Å²) in [6.45, 7) is 4.97. The number of rotatable bonds is 3. The molecule has 1 saturated heterocycles. The molecule has 0 spiro atoms. The SMILES string of the molecule is Cc1n[nH]c(C)c1C(=O)N1CCN(S(=O)(=O)N(C)C)CC1. The van der Waals surface area contributed by atoms with Crippen LogP contribution >= 0.6 is 0 Å². The molecule has 118 valence electrons. The third kappa shape index (κ3) is 2.94. The van der Waals surface area contributed by atoms with E-state index < -0.39 is 10.2 Å². The van der Waals surface area contributed by atoms with Gasteiger partial charge >= 0.3 is 0 Å². The fraction of sp³-hybridized carbons (Fsp3) is 0.667. The Kier molecular flexibility index (Phi) is 4.35. The zero-order valence-corrected chi connectivity index (χ0v) is 13.6. The minimum absolute atomic E-state index is 0.0966. The summed E-state index contributed by atoms with van der Waals surface area (Å²) in [6, 6.07) is 0. The normalized spacial score (nSPS) is 17.5. The Hall–Kier alpha value is -1.45. The summed E-state index contributed by atoms with van der Waals surface area (Å²) in [5.41, 5.74) is 1.99. The highest BCUT2D eigenvalue weighted by atomic mass is 32.2. The lowest BCUT2D eigenvalue weighted by Gasteiger charge is -2.35. The van der Waals surface area contributed by atoms with E-state index in [9.17, 15) is 13.2 Å². The van der Waals surface area contributed by atoms with Crippen LogP contribution in [0.25, 0.3) is 0 Å². The van der Waals surface area contributed by atoms with Crippen molar-refractivity contribution in [2.24, 2.45) is 0 Å². The standard InChI is InChI=1S/C12H21N5O3S/c1-9-11(10(2)14-13-9)12(18)16-5-7-17(8-6-16)21(19,20)15(3)4/h5-8H2,1-4H3,(H,13,14). The Morgan fingerprint density at radius 3 is 2.19 bits per heavy atom. The maximum Gasteiger partial charge on any atom is 0.281 e. The second kappa shape index (κ2) is 5.74. The van der Waals surface area contributed by atoms with E-state index in [0.29, 0.717) is 37.4 Å². The molecule has 1 aromatic rings. The van der Waals surface area contributed by atoms with Crippen molar-refractivity contribution in [1.29, 1.82) is 0 Å². The molecule has 2 heterocycles. The van der Waals surface area contributed by atoms with Gasteiger partial charge in [-0.1, -0.05) is 0 Å². The van der Waals surface area contributed by atoms with Crippen molar-refractivity contribution >= 4 is 16.1 Å². The molecular weight excluding hydrogens is 294 g/mol. The van der Waals surface area contributed by atoms with Crippen LogP contribution in [-0.4, -0.2) is 78.3 Å². The van der Waals surface area contributed by atoms with Gasteiger partial charge in [0.15, 0.2) is 0 Å². The number of nitrogens with one attached hydrogen (secondary N) is 1. The molecule has 9 heteroatoms. The Morgan fingerprint density at radius 2 is 1.76 bits per heavy atom. The summed E-state index contributed by atoms with van der Waals surface area (Å²) in [7, 11) is -0.399. The number of hydrogen-bond acceptors (Lipinski definition) is 4. The van der Waals surface area contributed by atoms with E-state index in [-0.39, 0.29) is 5.91 Å². The van der Waals surface area contributed by atoms with Gasteiger partial charge in [0.2, 0.25) is 0 Å². The summed E-state index contributed by atoms with van der Waals surface area (Å²) in [5.74, 6) is -0.0966. The molecular formula is C12H21N5O3S. The molecule has 0 saturated carbocycles. The van der Waals surface area contributed by atoms with Crippen LogP contribution in [-0.2, 0) is 10.2 Å². The van der Waals surface area contributed by atoms with E-state index >= 15 is 0 Å². The van der Waals surface area contributed by atoms with E-state index in [0.717, 1.165) is 5.69 Å². The fourth-order valence-corrected chi connectivity index (χ4v) is 3.46. The number of nitrogens with zero attached hydrogens (tertiary/aromatic N) is 4. The summed E-state index contributed by atoms with van der Waals surface area (Å²) in [6.07, 6.45) is 0. The highest BCUT2D eigenvalue weighted by Crippen LogP contribution is 2.16. The van der Waals surface area contributed by atoms with E-state index in [1.54, 1.807) is 18.7 Å². The number of piperazine rings is 1. The van der Waals surface area contributed by atoms with Gasteiger partial charge in [-0.25, -0.2) is 0 Å². The fourth-order valence-electron chi connectivity index (χ4n) is 2.38. The minimum atomic E-state index is -3.41. The number of H-pyrrole nitrogens is 1. The summed E-state index contributed by atoms with van der Waals surface area (Å²) >= 11 is 0. The zero-order chi connectivity index (χ0) is 15.8. The first-order chi connectivity index (χ1) is 9.75. The number of carbonyl (C=O) groups excluding carboxylic acids is 1. The molecule has 0 aliphatic carbocycles. The predicted molar refractivity (Wildman–Crippen MR) is 78.1 cm³/mol. The van der Waals surface area contributed by atoms with Gasteiger partial charge in [-0.2, -0.15) is 22.1 Å². The molecule has 2 rings (SSSR count). The zero-order valence-electron chi connectivity index (χ0n) is 12.8. The monoisotopic (exact) mass is 315 g/mol. The van der Waals surface area contributed by atoms with Crippen molar-refractivity contribution in [3.05, 3.63) is 17.0 Å². The Bertz CT molecular complexity index is 610. The second-order valence-corrected chi connectivity index (χ2v) is 7.43. The molecule has 0 radical (unpaired) electrons. The Morgan fingerprint density at radius 1 is 1.19 bits per heavy atom. The van der Waals surface area contributed by atoms with Crippen LogP contribution in [0.5, 0.6) is 0 Å². The molecule has 1 amide bonds. The maximum absolute atomic E-state index is 12.5. The topological polar surface area (TPSA) is 89.6 Å². The Balaban J connectivity index is 2.07. The smallest absolute Gasteiger partial charge is 0.281 e. The first kappa shape index (κ1) is 15.9. The van der Waals surface area contributed by atoms with E-state index in [4.69, 9.17) is 0 Å². The average Bonchev–Trinajstić information content (AvgIpc) is 2.77. The lowest BCUT2D eigenvalue weighted by atomic mass is 10.1. The number of hydrogen-bond donors (Lipinski definition) is 1. The third-order valence-electron chi connectivity index (χ3n) is 3.66. The highest BCUT2D eigenvalue weighted by Gasteiger charge is 2.31. The van der Waals surface area contributed by atoms with Crippen molar-refractivity contribution in [3.63, 3.8) is 0 Å². The van der Waals surface area contributed by atoms with Crippen molar-refractivity contribution < 1.29 is 13.2 Å². The number of carbonyl (C=O) groups is 1. The van der Waals surface area contributed by atoms with Crippen LogP contribution in [0.15, 0.2) is 0 Å². The van der Waals surface area contributed by atoms with Gasteiger partial charge < -0.3 is 4.90 Å². The largest absolute Gasteiger partial charge is 0.336 e. The first-order valence-electron chi connectivity index (χ1n) is 6.73. The summed E-state index contributed by atoms with van der Waals surface area (Å²) in [5, 5.41) is 6.82. The molecule has 0 unspecified atom stereocenters. The second-order valence-electron chi connectivity index (χ2n) is 5.29. The third-order valence-corrected chi connectivity index (χ3v) is 5.60. The molecule has 1 fully saturated rings. The predicted octanol–water partition coefficient (Wildman–Crippen LogP) is -0.409. The van der Waals surface area contributed by atoms with Crippen LogP contribution in [0.4, 0.5) is 0 Å². The van der Waals surface area contributed by atoms with Gasteiger partial charge in [0, 0.05) is 46.0 Å². The Labute approximate surface area is 124 Å². The van der Waals surface area contributed by atoms with Gasteiger partial charge in [0.05, 0.1) is 11.3 Å². The molecule has 0 atom stereocenters. The lowest BCUT2D eigenvalue weighted by molar-refractivity contribution is 0.0694. The summed E-state index contributed by atoms with van der Waals surface area (Å²) < 4.78 is 26.6. The van der Waals surface area contributed by atoms with Crippen molar-refractivity contribution in [2.45, 2.75) is 13.8 Å². The van der Waals surface area contributed by atoms with Gasteiger partial charge in [-0.15, -0.1) is 0 Å². The molecule has 0 aromatic carbocycles. The van der Waals surface area contributed by atoms with Crippen LogP contribution in [0, 0.1) is 13.8 Å². The highest BCUT2D eigenvalue weighted by molar-refractivity contribution is 7.86. The van der Waals surface area contributed by atoms with Crippen LogP contribution in [0.3, 0.4) is 0 Å². The summed E-state index contributed by atoms with van der Waals surface area (Å²) in [4.78, 5) is 14.2. The maximum atomic E-state index is 12.5. The van der Waals surface area contributed by atoms with Crippen molar-refractivity contribution in [2.75, 3.05) is 40.3 Å². The van der Waals surface area contributed by atoms with E-state index in [1.165, 1.54) is 22.7 Å². The molecule has 1 aliphatic heterocycles. The lowest BCUT2D eigenvalue weighted by Crippen LogP contribution is -2.53. The minimum Gasteiger partial charge on any atom is -0.336 e. The molecule has 8 nitrogen and oxygen atoms in total. The van der Waals surface area contributed by atoms with Crippen molar-refractivity contribution in [3.8, 4) is 0 Å². The van der Waals surface area contributed by atoms with Crippen LogP contribution in [0.1, 0.15) is 21.7 Å². The molecule has 1 N–H and O–H groups in total. The van der Waals surface area contributed by atoms with Gasteiger partial charge in [-0.05, 0) is 13.8 Å². The number of amides is 1. The van der Waals surface area contributed by atoms with Gasteiger partial charge in [0.25, 0.3) is 16.1 Å². The van der Waals surface area contributed by atoms with Gasteiger partial charge in [-0.3, -0.25) is 9.89 Å². The first-order valence-corrected chi connectivity index (χ1v) is 8.13. The van der Waals surface area contributed by atoms with Crippen LogP contribution in [0.2, 0.25) is 0 Å². The van der Waals surface area contributed by atoms with E-state index in [2.05, 4.69) is 10.2 Å². The van der Waals surface area contributed by atoms with Crippen LogP contribution < -0.4 is 0 Å². The quantitative estimate of drug-likeness (QED) is 0.821. The van der Waals surface area contributed by atoms with Gasteiger partial charge in [0.1, 0.15) is 0 Å². The molecule has 21 heavy (non-hydrogen) atoms. The average molecular weight is 315 g/mol. The molecule has 1 aliphatic rings. The number of aromatic amines is 1.